The number of aliphatic hydroxyl groups is 1. The van der Waals surface area contributed by atoms with Crippen molar-refractivity contribution in [1.29, 1.82) is 0 Å². The summed E-state index contributed by atoms with van der Waals surface area (Å²) in [4.78, 5) is 2.38. The molecule has 3 heteroatoms. The average molecular weight is 171 g/mol. The van der Waals surface area contributed by atoms with Crippen LogP contribution in [-0.2, 0) is 0 Å². The first-order valence-corrected chi connectivity index (χ1v) is 4.58. The fourth-order valence-electron chi connectivity index (χ4n) is 1.61. The third kappa shape index (κ3) is 3.09. The van der Waals surface area contributed by atoms with Crippen LogP contribution >= 0.6 is 0 Å². The van der Waals surface area contributed by atoms with Crippen LogP contribution in [0.1, 0.15) is 13.8 Å². The Morgan fingerprint density at radius 2 is 2.33 bits per heavy atom. The molecule has 1 atom stereocenters. The van der Waals surface area contributed by atoms with Crippen LogP contribution in [0.4, 0.5) is 0 Å². The monoisotopic (exact) mass is 171 g/mol. The van der Waals surface area contributed by atoms with Gasteiger partial charge in [-0.2, -0.15) is 0 Å². The Bertz CT molecular complexity index is 128. The van der Waals surface area contributed by atoms with Gasteiger partial charge >= 0.3 is 0 Å². The van der Waals surface area contributed by atoms with Crippen molar-refractivity contribution in [3.8, 4) is 0 Å². The lowest BCUT2D eigenvalue weighted by atomic mass is 10.1. The van der Waals surface area contributed by atoms with Gasteiger partial charge in [0.05, 0.1) is 6.61 Å². The highest BCUT2D eigenvalue weighted by atomic mass is 16.3. The van der Waals surface area contributed by atoms with Crippen LogP contribution in [0.3, 0.4) is 0 Å². The Hall–Kier alpha value is -0.120. The van der Waals surface area contributed by atoms with E-state index in [1.165, 1.54) is 5.92 Å². The SMILES string of the molecule is C[C](C)CN1CCN[C@H](CO)C1. The second-order valence-electron chi connectivity index (χ2n) is 3.78. The van der Waals surface area contributed by atoms with Crippen molar-refractivity contribution in [2.45, 2.75) is 19.9 Å². The summed E-state index contributed by atoms with van der Waals surface area (Å²) in [6, 6.07) is 0.276. The smallest absolute Gasteiger partial charge is 0.0597 e. The summed E-state index contributed by atoms with van der Waals surface area (Å²) >= 11 is 0. The Morgan fingerprint density at radius 3 is 2.92 bits per heavy atom. The summed E-state index contributed by atoms with van der Waals surface area (Å²) in [5.41, 5.74) is 0. The lowest BCUT2D eigenvalue weighted by Crippen LogP contribution is -2.52. The van der Waals surface area contributed by atoms with Crippen LogP contribution in [0.5, 0.6) is 0 Å². The Labute approximate surface area is 74.8 Å². The van der Waals surface area contributed by atoms with Gasteiger partial charge in [-0.25, -0.2) is 0 Å². The molecule has 0 bridgehead atoms. The molecule has 12 heavy (non-hydrogen) atoms. The maximum atomic E-state index is 8.95. The Balaban J connectivity index is 2.25. The molecule has 0 amide bonds. The molecule has 1 rings (SSSR count). The molecule has 3 nitrogen and oxygen atoms in total. The largest absolute Gasteiger partial charge is 0.395 e. The van der Waals surface area contributed by atoms with E-state index in [4.69, 9.17) is 5.11 Å². The predicted octanol–water partition coefficient (Wildman–Crippen LogP) is -0.133. The van der Waals surface area contributed by atoms with E-state index in [1.807, 2.05) is 0 Å². The van der Waals surface area contributed by atoms with E-state index in [-0.39, 0.29) is 12.6 Å². The third-order valence-electron chi connectivity index (χ3n) is 2.10. The molecule has 0 unspecified atom stereocenters. The lowest BCUT2D eigenvalue weighted by molar-refractivity contribution is 0.152. The minimum Gasteiger partial charge on any atom is -0.395 e. The molecule has 0 spiro atoms. The normalized spacial score (nSPS) is 26.5. The van der Waals surface area contributed by atoms with Gasteiger partial charge in [0, 0.05) is 32.2 Å². The van der Waals surface area contributed by atoms with Gasteiger partial charge in [-0.1, -0.05) is 13.8 Å². The highest BCUT2D eigenvalue weighted by Gasteiger charge is 2.18. The number of aliphatic hydroxyl groups excluding tert-OH is 1. The van der Waals surface area contributed by atoms with Crippen LogP contribution < -0.4 is 5.32 Å². The Kier molecular flexibility index (Phi) is 3.98. The molecule has 2 N–H and O–H groups in total. The zero-order valence-corrected chi connectivity index (χ0v) is 8.01. The van der Waals surface area contributed by atoms with E-state index >= 15 is 0 Å². The molecule has 1 fully saturated rings. The third-order valence-corrected chi connectivity index (χ3v) is 2.10. The summed E-state index contributed by atoms with van der Waals surface area (Å²) in [5.74, 6) is 1.44. The molecule has 71 valence electrons. The van der Waals surface area contributed by atoms with Crippen molar-refractivity contribution < 1.29 is 5.11 Å². The van der Waals surface area contributed by atoms with Crippen LogP contribution in [0.15, 0.2) is 0 Å². The molecule has 0 aliphatic carbocycles. The van der Waals surface area contributed by atoms with Crippen molar-refractivity contribution >= 4 is 0 Å². The first-order chi connectivity index (χ1) is 5.72. The summed E-state index contributed by atoms with van der Waals surface area (Å²) in [6.45, 7) is 8.69. The molecule has 0 aromatic carbocycles. The summed E-state index contributed by atoms with van der Waals surface area (Å²) in [6.07, 6.45) is 0. The highest BCUT2D eigenvalue weighted by Crippen LogP contribution is 2.04. The standard InChI is InChI=1S/C9H19N2O/c1-8(2)5-11-4-3-10-9(6-11)7-12/h9-10,12H,3-7H2,1-2H3/t9-/m0/s1. The Morgan fingerprint density at radius 1 is 1.58 bits per heavy atom. The van der Waals surface area contributed by atoms with Crippen LogP contribution in [-0.4, -0.2) is 48.8 Å². The first kappa shape index (κ1) is 9.96. The van der Waals surface area contributed by atoms with Gasteiger partial charge in [0.1, 0.15) is 0 Å². The van der Waals surface area contributed by atoms with E-state index in [2.05, 4.69) is 24.1 Å². The van der Waals surface area contributed by atoms with Gasteiger partial charge in [-0.15, -0.1) is 0 Å². The average Bonchev–Trinajstić information content (AvgIpc) is 2.03. The molecule has 1 saturated heterocycles. The van der Waals surface area contributed by atoms with Gasteiger partial charge in [0.2, 0.25) is 0 Å². The van der Waals surface area contributed by atoms with Crippen molar-refractivity contribution in [2.24, 2.45) is 0 Å². The molecule has 0 saturated carbocycles. The van der Waals surface area contributed by atoms with Gasteiger partial charge in [0.25, 0.3) is 0 Å². The highest BCUT2D eigenvalue weighted by molar-refractivity contribution is 4.86. The molecule has 1 radical (unpaired) electrons. The molecule has 1 aliphatic rings. The van der Waals surface area contributed by atoms with Crippen molar-refractivity contribution in [1.82, 2.24) is 10.2 Å². The van der Waals surface area contributed by atoms with Gasteiger partial charge in [0.15, 0.2) is 0 Å². The van der Waals surface area contributed by atoms with Crippen LogP contribution in [0, 0.1) is 5.92 Å². The number of hydrogen-bond acceptors (Lipinski definition) is 3. The van der Waals surface area contributed by atoms with E-state index < -0.39 is 0 Å². The fraction of sp³-hybridized carbons (Fsp3) is 0.889. The summed E-state index contributed by atoms with van der Waals surface area (Å²) in [7, 11) is 0. The molecule has 0 aromatic rings. The molecule has 1 heterocycles. The molecule has 1 aliphatic heterocycles. The van der Waals surface area contributed by atoms with Gasteiger partial charge in [-0.05, 0) is 5.92 Å². The van der Waals surface area contributed by atoms with Crippen LogP contribution in [0.2, 0.25) is 0 Å². The first-order valence-electron chi connectivity index (χ1n) is 4.58. The number of piperazine rings is 1. The van der Waals surface area contributed by atoms with Gasteiger partial charge in [-0.3, -0.25) is 4.90 Å². The quantitative estimate of drug-likeness (QED) is 0.621. The number of nitrogens with one attached hydrogen (secondary N) is 1. The molecular formula is C9H19N2O. The minimum absolute atomic E-state index is 0.249. The molecule has 0 aromatic heterocycles. The van der Waals surface area contributed by atoms with E-state index in [1.54, 1.807) is 0 Å². The van der Waals surface area contributed by atoms with Crippen molar-refractivity contribution in [3.63, 3.8) is 0 Å². The van der Waals surface area contributed by atoms with Crippen LogP contribution in [0.25, 0.3) is 0 Å². The molecular weight excluding hydrogens is 152 g/mol. The lowest BCUT2D eigenvalue weighted by Gasteiger charge is -2.33. The number of rotatable bonds is 3. The van der Waals surface area contributed by atoms with E-state index in [0.29, 0.717) is 0 Å². The predicted molar refractivity (Wildman–Crippen MR) is 49.9 cm³/mol. The summed E-state index contributed by atoms with van der Waals surface area (Å²) in [5, 5.41) is 12.2. The fourth-order valence-corrected chi connectivity index (χ4v) is 1.61. The van der Waals surface area contributed by atoms with Crippen molar-refractivity contribution in [3.05, 3.63) is 5.92 Å². The van der Waals surface area contributed by atoms with E-state index in [0.717, 1.165) is 26.2 Å². The zero-order chi connectivity index (χ0) is 8.97. The van der Waals surface area contributed by atoms with Crippen molar-refractivity contribution in [2.75, 3.05) is 32.8 Å². The van der Waals surface area contributed by atoms with E-state index in [9.17, 15) is 0 Å². The number of hydrogen-bond donors (Lipinski definition) is 2. The summed E-state index contributed by atoms with van der Waals surface area (Å²) < 4.78 is 0. The topological polar surface area (TPSA) is 35.5 Å². The zero-order valence-electron chi connectivity index (χ0n) is 8.01. The number of nitrogens with zero attached hydrogens (tertiary/aromatic N) is 1. The second kappa shape index (κ2) is 4.80. The maximum absolute atomic E-state index is 8.95. The minimum atomic E-state index is 0.249. The second-order valence-corrected chi connectivity index (χ2v) is 3.78. The van der Waals surface area contributed by atoms with Gasteiger partial charge < -0.3 is 10.4 Å². The maximum Gasteiger partial charge on any atom is 0.0597 e.